The zero-order valence-corrected chi connectivity index (χ0v) is 35.4. The van der Waals surface area contributed by atoms with Crippen molar-refractivity contribution in [3.8, 4) is 0 Å². The maximum atomic E-state index is 12.6. The SMILES string of the molecule is CC(C)(C)c1ccc([I+]c2ccc(C(C)(C)C)cc2)cc1.Fc1ccc([I-]c2ccc(F)cc2)cc1.c1ccc([I+]c2ccccc2)cc1. The van der Waals surface area contributed by atoms with Crippen LogP contribution in [-0.4, -0.2) is 0 Å². The van der Waals surface area contributed by atoms with Gasteiger partial charge in [0.15, 0.2) is 14.3 Å². The van der Waals surface area contributed by atoms with Crippen LogP contribution in [0.25, 0.3) is 0 Å². The zero-order chi connectivity index (χ0) is 35.3. The summed E-state index contributed by atoms with van der Waals surface area (Å²) in [5, 5.41) is 0. The maximum absolute atomic E-state index is 12.6. The van der Waals surface area contributed by atoms with E-state index in [2.05, 4.69) is 151 Å². The molecule has 0 amide bonds. The van der Waals surface area contributed by atoms with Crippen LogP contribution in [0.15, 0.2) is 158 Å². The molecule has 0 atom stereocenters. The first kappa shape index (κ1) is 39.2. The van der Waals surface area contributed by atoms with Crippen LogP contribution >= 0.6 is 0 Å². The fourth-order valence-electron chi connectivity index (χ4n) is 4.34. The Kier molecular flexibility index (Phi) is 15.3. The second kappa shape index (κ2) is 19.1. The van der Waals surface area contributed by atoms with E-state index in [0.29, 0.717) is 0 Å². The summed E-state index contributed by atoms with van der Waals surface area (Å²) in [4.78, 5) is 0. The molecule has 6 aromatic carbocycles. The van der Waals surface area contributed by atoms with Gasteiger partial charge in [-0.25, -0.2) is 0 Å². The van der Waals surface area contributed by atoms with Crippen molar-refractivity contribution < 1.29 is 72.4 Å². The normalized spacial score (nSPS) is 11.2. The van der Waals surface area contributed by atoms with Gasteiger partial charge in [0.1, 0.15) is 0 Å². The summed E-state index contributed by atoms with van der Waals surface area (Å²) in [6.45, 7) is 13.6. The van der Waals surface area contributed by atoms with Crippen molar-refractivity contribution in [3.05, 3.63) is 202 Å². The molecular formula is C44H44F2I3+. The average Bonchev–Trinajstić information content (AvgIpc) is 3.08. The van der Waals surface area contributed by atoms with Gasteiger partial charge in [0, 0.05) is 0 Å². The number of halogens is 5. The van der Waals surface area contributed by atoms with E-state index in [1.165, 1.54) is 49.7 Å². The van der Waals surface area contributed by atoms with Crippen molar-refractivity contribution >= 4 is 0 Å². The van der Waals surface area contributed by atoms with Gasteiger partial charge in [0.05, 0.1) is 0 Å². The third kappa shape index (κ3) is 14.3. The summed E-state index contributed by atoms with van der Waals surface area (Å²) in [5.41, 5.74) is 3.31. The molecule has 0 aliphatic carbocycles. The summed E-state index contributed by atoms with van der Waals surface area (Å²) in [5.74, 6) is -0.441. The van der Waals surface area contributed by atoms with Gasteiger partial charge in [0.25, 0.3) is 0 Å². The van der Waals surface area contributed by atoms with E-state index in [4.69, 9.17) is 0 Å². The summed E-state index contributed by atoms with van der Waals surface area (Å²) >= 11 is -0.372. The van der Waals surface area contributed by atoms with Crippen LogP contribution in [0.2, 0.25) is 0 Å². The first-order valence-corrected chi connectivity index (χ1v) is 22.6. The van der Waals surface area contributed by atoms with Crippen LogP contribution in [0.3, 0.4) is 0 Å². The third-order valence-electron chi connectivity index (χ3n) is 7.15. The topological polar surface area (TPSA) is 0 Å². The minimum atomic E-state index is -0.330. The molecule has 0 fully saturated rings. The van der Waals surface area contributed by atoms with E-state index < -0.39 is 0 Å². The molecule has 0 aliphatic heterocycles. The van der Waals surface area contributed by atoms with E-state index in [1.54, 1.807) is 24.3 Å². The Morgan fingerprint density at radius 2 is 0.653 bits per heavy atom. The second-order valence-electron chi connectivity index (χ2n) is 13.3. The average molecular weight is 992 g/mol. The minimum absolute atomic E-state index is 0.0287. The van der Waals surface area contributed by atoms with E-state index in [9.17, 15) is 8.78 Å². The zero-order valence-electron chi connectivity index (χ0n) is 28.9. The molecule has 254 valence electrons. The molecule has 0 unspecified atom stereocenters. The van der Waals surface area contributed by atoms with Gasteiger partial charge in [0.2, 0.25) is 0 Å². The molecule has 0 N–H and O–H groups in total. The molecular weight excluding hydrogens is 947 g/mol. The minimum Gasteiger partial charge on any atom is -0.0619 e. The molecule has 0 radical (unpaired) electrons. The van der Waals surface area contributed by atoms with Crippen LogP contribution in [0.4, 0.5) is 8.78 Å². The summed E-state index contributed by atoms with van der Waals surface area (Å²) in [6, 6.07) is 52.8. The van der Waals surface area contributed by atoms with Crippen LogP contribution < -0.4 is 63.6 Å². The van der Waals surface area contributed by atoms with E-state index in [1.807, 2.05) is 0 Å². The number of hydrogen-bond acceptors (Lipinski definition) is 0. The van der Waals surface area contributed by atoms with Crippen molar-refractivity contribution in [1.29, 1.82) is 0 Å². The standard InChI is InChI=1S/C20H26I.C12H8F2I.C12H10I/c1-19(2,3)15-7-11-17(12-8-15)21-18-13-9-16(10-14-18)20(4,5)6;13-9-1-5-11(6-2-9)15-12-7-3-10(14)4-8-12;1-3-7-11(8-4-1)13-12-9-5-2-6-10-12/h7-14H,1-6H3;1-8H;1-10H/q+1;-1;+1. The Bertz CT molecular complexity index is 1670. The van der Waals surface area contributed by atoms with Crippen LogP contribution in [0.5, 0.6) is 0 Å². The Morgan fingerprint density at radius 1 is 0.367 bits per heavy atom. The van der Waals surface area contributed by atoms with Crippen molar-refractivity contribution in [2.75, 3.05) is 0 Å². The monoisotopic (exact) mass is 991 g/mol. The fourth-order valence-corrected chi connectivity index (χ4v) is 10.9. The smallest absolute Gasteiger partial charge is 0.0619 e. The van der Waals surface area contributed by atoms with Crippen molar-refractivity contribution in [2.45, 2.75) is 52.4 Å². The Balaban J connectivity index is 0.000000171. The molecule has 0 aromatic heterocycles. The van der Waals surface area contributed by atoms with Gasteiger partial charge < -0.3 is 0 Å². The third-order valence-corrected chi connectivity index (χ3v) is 15.2. The molecule has 6 aromatic rings. The molecule has 6 rings (SSSR count). The van der Waals surface area contributed by atoms with Gasteiger partial charge in [-0.15, -0.1) is 0 Å². The van der Waals surface area contributed by atoms with E-state index in [-0.39, 0.29) is 86.1 Å². The largest absolute Gasteiger partial charge is 0.357 e. The predicted molar refractivity (Wildman–Crippen MR) is 188 cm³/mol. The number of rotatable bonds is 6. The quantitative estimate of drug-likeness (QED) is 0.225. The molecule has 0 spiro atoms. The van der Waals surface area contributed by atoms with Crippen molar-refractivity contribution in [1.82, 2.24) is 0 Å². The Hall–Kier alpha value is -2.63. The van der Waals surface area contributed by atoms with Gasteiger partial charge in [-0.3, -0.25) is 0 Å². The number of hydrogen-bond donors (Lipinski definition) is 0. The number of benzene rings is 6. The van der Waals surface area contributed by atoms with Gasteiger partial charge in [-0.2, -0.15) is 0 Å². The predicted octanol–water partition coefficient (Wildman–Crippen LogP) is 2.32. The molecule has 0 nitrogen and oxygen atoms in total. The van der Waals surface area contributed by atoms with Crippen molar-refractivity contribution in [3.63, 3.8) is 0 Å². The Morgan fingerprint density at radius 3 is 0.939 bits per heavy atom. The molecule has 0 aliphatic rings. The Labute approximate surface area is 323 Å². The molecule has 0 bridgehead atoms. The molecule has 49 heavy (non-hydrogen) atoms. The molecule has 5 heteroatoms. The van der Waals surface area contributed by atoms with E-state index in [0.717, 1.165) is 7.14 Å². The fraction of sp³-hybridized carbons (Fsp3) is 0.182. The summed E-state index contributed by atoms with van der Waals surface area (Å²) in [7, 11) is 0. The van der Waals surface area contributed by atoms with Crippen LogP contribution in [0, 0.1) is 33.1 Å². The molecule has 0 heterocycles. The second-order valence-corrected chi connectivity index (χ2v) is 22.4. The van der Waals surface area contributed by atoms with Crippen LogP contribution in [-0.2, 0) is 10.8 Å². The first-order chi connectivity index (χ1) is 23.3. The first-order valence-electron chi connectivity index (χ1n) is 16.1. The van der Waals surface area contributed by atoms with Crippen molar-refractivity contribution in [2.24, 2.45) is 0 Å². The summed E-state index contributed by atoms with van der Waals surface area (Å²) in [6.07, 6.45) is 0. The van der Waals surface area contributed by atoms with Crippen LogP contribution in [0.1, 0.15) is 52.7 Å². The molecule has 0 saturated heterocycles. The van der Waals surface area contributed by atoms with E-state index >= 15 is 0 Å². The van der Waals surface area contributed by atoms with Gasteiger partial charge in [-0.05, 0) is 70.5 Å². The van der Waals surface area contributed by atoms with Gasteiger partial charge >= 0.3 is 140 Å². The molecule has 0 saturated carbocycles. The maximum Gasteiger partial charge on any atom is 0.357 e. The van der Waals surface area contributed by atoms with Gasteiger partial charge in [-0.1, -0.05) is 102 Å². The summed E-state index contributed by atoms with van der Waals surface area (Å²) < 4.78 is 33.5.